The summed E-state index contributed by atoms with van der Waals surface area (Å²) in [6.07, 6.45) is 0. The number of rotatable bonds is 3. The largest absolute Gasteiger partial charge is 0.288 e. The van der Waals surface area contributed by atoms with E-state index in [2.05, 4.69) is 0 Å². The fourth-order valence-electron chi connectivity index (χ4n) is 1.00. The molecule has 0 aliphatic carbocycles. The third kappa shape index (κ3) is 2.88. The van der Waals surface area contributed by atoms with E-state index < -0.39 is 15.9 Å². The van der Waals surface area contributed by atoms with Crippen LogP contribution in [0.2, 0.25) is 10.0 Å². The summed E-state index contributed by atoms with van der Waals surface area (Å²) in [5.41, 5.74) is -0.0464. The smallest absolute Gasteiger partial charge is 0.258 e. The zero-order valence-corrected chi connectivity index (χ0v) is 9.60. The number of nitrogens with zero attached hydrogens (tertiary/aromatic N) is 1. The first kappa shape index (κ1) is 12.4. The van der Waals surface area contributed by atoms with Crippen LogP contribution in [0.5, 0.6) is 0 Å². The molecule has 0 saturated carbocycles. The van der Waals surface area contributed by atoms with Crippen molar-refractivity contribution in [1.82, 2.24) is 0 Å². The van der Waals surface area contributed by atoms with Crippen molar-refractivity contribution in [2.45, 2.75) is 5.75 Å². The molecule has 0 aromatic heterocycles. The molecule has 0 fully saturated rings. The summed E-state index contributed by atoms with van der Waals surface area (Å²) >= 11 is 11.5. The summed E-state index contributed by atoms with van der Waals surface area (Å²) in [4.78, 5) is 9.90. The van der Waals surface area contributed by atoms with Gasteiger partial charge in [-0.1, -0.05) is 23.2 Å². The second-order valence-corrected chi connectivity index (χ2v) is 4.48. The zero-order chi connectivity index (χ0) is 11.6. The van der Waals surface area contributed by atoms with Crippen molar-refractivity contribution in [2.24, 2.45) is 5.14 Å². The Kier molecular flexibility index (Phi) is 4.04. The number of benzene rings is 1. The van der Waals surface area contributed by atoms with Crippen LogP contribution >= 0.6 is 23.2 Å². The summed E-state index contributed by atoms with van der Waals surface area (Å²) < 4.78 is 10.8. The Bertz CT molecular complexity index is 438. The van der Waals surface area contributed by atoms with Crippen molar-refractivity contribution in [2.75, 3.05) is 0 Å². The standard InChI is InChI=1S/C7H6Cl2N2O3S/c8-5-1-2-6(11(12)13)7(9)4(5)3-15(10)14/h1-2H,3,10H2. The molecule has 5 nitrogen and oxygen atoms in total. The summed E-state index contributed by atoms with van der Waals surface area (Å²) in [5, 5.41) is 15.7. The lowest BCUT2D eigenvalue weighted by Crippen LogP contribution is -2.07. The molecule has 1 aromatic rings. The summed E-state index contributed by atoms with van der Waals surface area (Å²) in [7, 11) is -1.65. The Hall–Kier alpha value is -0.690. The van der Waals surface area contributed by atoms with E-state index in [1.165, 1.54) is 12.1 Å². The Labute approximate surface area is 97.9 Å². The molecular weight excluding hydrogens is 263 g/mol. The van der Waals surface area contributed by atoms with E-state index in [0.29, 0.717) is 0 Å². The van der Waals surface area contributed by atoms with Crippen LogP contribution in [-0.4, -0.2) is 9.13 Å². The fourth-order valence-corrected chi connectivity index (χ4v) is 2.32. The second-order valence-electron chi connectivity index (χ2n) is 2.64. The minimum absolute atomic E-state index is 0.112. The van der Waals surface area contributed by atoms with Gasteiger partial charge < -0.3 is 0 Å². The van der Waals surface area contributed by atoms with Gasteiger partial charge in [-0.25, -0.2) is 4.21 Å². The molecule has 1 rings (SSSR count). The highest BCUT2D eigenvalue weighted by Gasteiger charge is 2.19. The van der Waals surface area contributed by atoms with Crippen LogP contribution in [0.25, 0.3) is 0 Å². The molecule has 1 unspecified atom stereocenters. The maximum atomic E-state index is 10.8. The molecule has 0 heterocycles. The van der Waals surface area contributed by atoms with Crippen molar-refractivity contribution in [3.63, 3.8) is 0 Å². The van der Waals surface area contributed by atoms with Gasteiger partial charge >= 0.3 is 0 Å². The molecule has 0 radical (unpaired) electrons. The topological polar surface area (TPSA) is 86.2 Å². The number of hydrogen-bond donors (Lipinski definition) is 1. The van der Waals surface area contributed by atoms with Gasteiger partial charge in [-0.3, -0.25) is 15.3 Å². The van der Waals surface area contributed by atoms with Crippen LogP contribution < -0.4 is 5.14 Å². The van der Waals surface area contributed by atoms with Crippen molar-refractivity contribution < 1.29 is 9.13 Å². The minimum Gasteiger partial charge on any atom is -0.258 e. The molecule has 2 N–H and O–H groups in total. The average Bonchev–Trinajstić information content (AvgIpc) is 2.11. The van der Waals surface area contributed by atoms with Crippen LogP contribution in [0.4, 0.5) is 5.69 Å². The van der Waals surface area contributed by atoms with Crippen LogP contribution in [0.3, 0.4) is 0 Å². The number of nitrogens with two attached hydrogens (primary N) is 1. The highest BCUT2D eigenvalue weighted by atomic mass is 35.5. The molecule has 1 atom stereocenters. The molecule has 8 heteroatoms. The highest BCUT2D eigenvalue weighted by Crippen LogP contribution is 2.33. The third-order valence-electron chi connectivity index (χ3n) is 1.65. The Morgan fingerprint density at radius 2 is 2.07 bits per heavy atom. The van der Waals surface area contributed by atoms with E-state index in [9.17, 15) is 14.3 Å². The van der Waals surface area contributed by atoms with E-state index in [0.717, 1.165) is 0 Å². The van der Waals surface area contributed by atoms with Gasteiger partial charge in [-0.2, -0.15) is 0 Å². The first-order valence-electron chi connectivity index (χ1n) is 3.67. The fraction of sp³-hybridized carbons (Fsp3) is 0.143. The van der Waals surface area contributed by atoms with Crippen molar-refractivity contribution in [3.05, 3.63) is 37.9 Å². The van der Waals surface area contributed by atoms with Gasteiger partial charge in [0.05, 0.1) is 21.7 Å². The van der Waals surface area contributed by atoms with Gasteiger partial charge in [-0.15, -0.1) is 0 Å². The second kappa shape index (κ2) is 4.89. The quantitative estimate of drug-likeness (QED) is 0.672. The van der Waals surface area contributed by atoms with Gasteiger partial charge in [0.15, 0.2) is 0 Å². The molecule has 0 bridgehead atoms. The third-order valence-corrected chi connectivity index (χ3v) is 3.00. The molecule has 82 valence electrons. The molecule has 0 amide bonds. The maximum Gasteiger partial charge on any atom is 0.288 e. The molecule has 0 aliphatic rings. The van der Waals surface area contributed by atoms with Crippen molar-refractivity contribution >= 4 is 39.9 Å². The van der Waals surface area contributed by atoms with Crippen LogP contribution in [0, 0.1) is 10.1 Å². The summed E-state index contributed by atoms with van der Waals surface area (Å²) in [6, 6.07) is 2.52. The van der Waals surface area contributed by atoms with Gasteiger partial charge in [0.1, 0.15) is 5.02 Å². The highest BCUT2D eigenvalue weighted by molar-refractivity contribution is 7.81. The normalized spacial score (nSPS) is 12.5. The average molecular weight is 269 g/mol. The maximum absolute atomic E-state index is 10.8. The lowest BCUT2D eigenvalue weighted by atomic mass is 10.2. The van der Waals surface area contributed by atoms with Gasteiger partial charge in [0, 0.05) is 16.7 Å². The lowest BCUT2D eigenvalue weighted by Gasteiger charge is -2.04. The van der Waals surface area contributed by atoms with Gasteiger partial charge in [0.2, 0.25) is 0 Å². The predicted molar refractivity (Wildman–Crippen MR) is 59.2 cm³/mol. The van der Waals surface area contributed by atoms with Gasteiger partial charge in [0.25, 0.3) is 5.69 Å². The van der Waals surface area contributed by atoms with Crippen molar-refractivity contribution in [1.29, 1.82) is 0 Å². The minimum atomic E-state index is -1.65. The number of hydrogen-bond acceptors (Lipinski definition) is 3. The molecule has 0 aliphatic heterocycles. The van der Waals surface area contributed by atoms with E-state index in [1.54, 1.807) is 0 Å². The van der Waals surface area contributed by atoms with E-state index in [-0.39, 0.29) is 27.0 Å². The number of nitro groups is 1. The predicted octanol–water partition coefficient (Wildman–Crippen LogP) is 2.02. The zero-order valence-electron chi connectivity index (χ0n) is 7.28. The Morgan fingerprint density at radius 3 is 2.53 bits per heavy atom. The van der Waals surface area contributed by atoms with Crippen LogP contribution in [-0.2, 0) is 16.7 Å². The number of halogens is 2. The molecule has 1 aromatic carbocycles. The SMILES string of the molecule is NS(=O)Cc1c(Cl)ccc([N+](=O)[O-])c1Cl. The number of nitro benzene ring substituents is 1. The van der Waals surface area contributed by atoms with Crippen molar-refractivity contribution in [3.8, 4) is 0 Å². The molecular formula is C7H6Cl2N2O3S. The first-order chi connectivity index (χ1) is 6.93. The summed E-state index contributed by atoms with van der Waals surface area (Å²) in [5.74, 6) is -0.112. The summed E-state index contributed by atoms with van der Waals surface area (Å²) in [6.45, 7) is 0. The first-order valence-corrected chi connectivity index (χ1v) is 5.81. The van der Waals surface area contributed by atoms with E-state index in [1.807, 2.05) is 0 Å². The van der Waals surface area contributed by atoms with Gasteiger partial charge in [-0.05, 0) is 6.07 Å². The van der Waals surface area contributed by atoms with Crippen LogP contribution in [0.15, 0.2) is 12.1 Å². The Balaban J connectivity index is 3.29. The molecule has 0 spiro atoms. The Morgan fingerprint density at radius 1 is 1.47 bits per heavy atom. The molecule has 15 heavy (non-hydrogen) atoms. The van der Waals surface area contributed by atoms with E-state index >= 15 is 0 Å². The molecule has 0 saturated heterocycles. The monoisotopic (exact) mass is 268 g/mol. The van der Waals surface area contributed by atoms with E-state index in [4.69, 9.17) is 28.3 Å². The lowest BCUT2D eigenvalue weighted by molar-refractivity contribution is -0.384. The van der Waals surface area contributed by atoms with Crippen LogP contribution in [0.1, 0.15) is 5.56 Å².